The topological polar surface area (TPSA) is 66.5 Å². The largest absolute Gasteiger partial charge is 0.354 e. The Bertz CT molecular complexity index is 283. The maximum Gasteiger partial charge on any atom is 0.253 e. The van der Waals surface area contributed by atoms with Gasteiger partial charge in [0.05, 0.1) is 5.33 Å². The van der Waals surface area contributed by atoms with Crippen LogP contribution in [0, 0.1) is 0 Å². The molecule has 5 nitrogen and oxygen atoms in total. The van der Waals surface area contributed by atoms with Crippen molar-refractivity contribution in [3.05, 3.63) is 12.2 Å². The Balaban J connectivity index is 2.29. The monoisotopic (exact) mass is 260 g/mol. The van der Waals surface area contributed by atoms with E-state index in [0.29, 0.717) is 0 Å². The minimum Gasteiger partial charge on any atom is -0.354 e. The zero-order chi connectivity index (χ0) is 10.6. The van der Waals surface area contributed by atoms with E-state index in [-0.39, 0.29) is 36.1 Å². The Labute approximate surface area is 89.3 Å². The average Bonchev–Trinajstić information content (AvgIpc) is 2.48. The summed E-state index contributed by atoms with van der Waals surface area (Å²) in [7, 11) is 0. The van der Waals surface area contributed by atoms with E-state index in [1.165, 1.54) is 12.2 Å². The van der Waals surface area contributed by atoms with Gasteiger partial charge in [-0.25, -0.2) is 0 Å². The molecular weight excluding hydrogens is 252 g/mol. The van der Waals surface area contributed by atoms with Gasteiger partial charge in [0.15, 0.2) is 0 Å². The molecule has 1 aliphatic rings. The summed E-state index contributed by atoms with van der Waals surface area (Å²) in [5.41, 5.74) is 0. The van der Waals surface area contributed by atoms with Gasteiger partial charge in [-0.3, -0.25) is 19.3 Å². The van der Waals surface area contributed by atoms with Gasteiger partial charge in [0, 0.05) is 25.2 Å². The highest BCUT2D eigenvalue weighted by molar-refractivity contribution is 9.09. The number of imide groups is 1. The molecule has 1 rings (SSSR count). The molecule has 0 saturated carbocycles. The SMILES string of the molecule is O=C(CBr)NCCN1C(=O)C=CC1=O. The maximum absolute atomic E-state index is 11.0. The molecule has 0 radical (unpaired) electrons. The highest BCUT2D eigenvalue weighted by Crippen LogP contribution is 2.01. The number of nitrogens with one attached hydrogen (secondary N) is 1. The maximum atomic E-state index is 11.0. The van der Waals surface area contributed by atoms with Crippen LogP contribution in [0.5, 0.6) is 0 Å². The van der Waals surface area contributed by atoms with Gasteiger partial charge in [-0.1, -0.05) is 15.9 Å². The van der Waals surface area contributed by atoms with E-state index >= 15 is 0 Å². The van der Waals surface area contributed by atoms with Gasteiger partial charge in [-0.15, -0.1) is 0 Å². The highest BCUT2D eigenvalue weighted by atomic mass is 79.9. The summed E-state index contributed by atoms with van der Waals surface area (Å²) < 4.78 is 0. The molecule has 0 aromatic rings. The number of alkyl halides is 1. The molecule has 1 N–H and O–H groups in total. The number of hydrogen-bond acceptors (Lipinski definition) is 3. The molecule has 14 heavy (non-hydrogen) atoms. The van der Waals surface area contributed by atoms with Crippen molar-refractivity contribution in [3.8, 4) is 0 Å². The van der Waals surface area contributed by atoms with Crippen molar-refractivity contribution in [1.82, 2.24) is 10.2 Å². The number of amides is 3. The zero-order valence-electron chi connectivity index (χ0n) is 7.33. The number of nitrogens with zero attached hydrogens (tertiary/aromatic N) is 1. The first-order valence-electron chi connectivity index (χ1n) is 4.01. The van der Waals surface area contributed by atoms with Crippen LogP contribution in [0.15, 0.2) is 12.2 Å². The van der Waals surface area contributed by atoms with Crippen LogP contribution in [0.1, 0.15) is 0 Å². The lowest BCUT2D eigenvalue weighted by molar-refractivity contribution is -0.137. The van der Waals surface area contributed by atoms with Crippen LogP contribution in [-0.4, -0.2) is 41.0 Å². The first-order valence-corrected chi connectivity index (χ1v) is 5.13. The first-order chi connectivity index (χ1) is 6.65. The van der Waals surface area contributed by atoms with Gasteiger partial charge in [-0.2, -0.15) is 0 Å². The predicted octanol–water partition coefficient (Wildman–Crippen LogP) is -0.578. The lowest BCUT2D eigenvalue weighted by atomic mass is 10.5. The Kier molecular flexibility index (Phi) is 3.82. The fraction of sp³-hybridized carbons (Fsp3) is 0.375. The lowest BCUT2D eigenvalue weighted by Crippen LogP contribution is -2.38. The Morgan fingerprint density at radius 1 is 1.36 bits per heavy atom. The van der Waals surface area contributed by atoms with Crippen LogP contribution in [0.2, 0.25) is 0 Å². The van der Waals surface area contributed by atoms with Crippen LogP contribution < -0.4 is 5.32 Å². The van der Waals surface area contributed by atoms with Crippen molar-refractivity contribution in [2.45, 2.75) is 0 Å². The summed E-state index contributed by atoms with van der Waals surface area (Å²) in [5.74, 6) is -0.830. The summed E-state index contributed by atoms with van der Waals surface area (Å²) >= 11 is 2.98. The Morgan fingerprint density at radius 2 is 1.93 bits per heavy atom. The van der Waals surface area contributed by atoms with Crippen molar-refractivity contribution in [2.24, 2.45) is 0 Å². The van der Waals surface area contributed by atoms with Crippen LogP contribution in [0.25, 0.3) is 0 Å². The van der Waals surface area contributed by atoms with Crippen molar-refractivity contribution in [2.75, 3.05) is 18.4 Å². The molecule has 1 aliphatic heterocycles. The zero-order valence-corrected chi connectivity index (χ0v) is 8.91. The minimum absolute atomic E-state index is 0.169. The molecule has 0 unspecified atom stereocenters. The molecule has 1 heterocycles. The minimum atomic E-state index is -0.330. The van der Waals surface area contributed by atoms with Gasteiger partial charge in [-0.05, 0) is 0 Å². The fourth-order valence-corrected chi connectivity index (χ4v) is 1.20. The molecule has 0 atom stereocenters. The molecule has 0 fully saturated rings. The van der Waals surface area contributed by atoms with Crippen LogP contribution in [-0.2, 0) is 14.4 Å². The Morgan fingerprint density at radius 3 is 2.43 bits per heavy atom. The standard InChI is InChI=1S/C8H9BrN2O3/c9-5-6(12)10-3-4-11-7(13)1-2-8(11)14/h1-2H,3-5H2,(H,10,12). The Hall–Kier alpha value is -1.17. The van der Waals surface area contributed by atoms with Crippen LogP contribution in [0.4, 0.5) is 0 Å². The van der Waals surface area contributed by atoms with Crippen molar-refractivity contribution < 1.29 is 14.4 Å². The number of rotatable bonds is 4. The molecular formula is C8H9BrN2O3. The summed E-state index contributed by atoms with van der Waals surface area (Å²) in [6.07, 6.45) is 2.43. The normalized spacial score (nSPS) is 15.1. The van der Waals surface area contributed by atoms with Gasteiger partial charge in [0.2, 0.25) is 5.91 Å². The lowest BCUT2D eigenvalue weighted by Gasteiger charge is -2.13. The molecule has 76 valence electrons. The number of halogens is 1. The molecule has 0 aromatic carbocycles. The third-order valence-corrected chi connectivity index (χ3v) is 2.19. The molecule has 0 aromatic heterocycles. The highest BCUT2D eigenvalue weighted by Gasteiger charge is 2.22. The first kappa shape index (κ1) is 10.9. The number of hydrogen-bond donors (Lipinski definition) is 1. The summed E-state index contributed by atoms with van der Waals surface area (Å²) in [5, 5.41) is 2.76. The van der Waals surface area contributed by atoms with E-state index in [2.05, 4.69) is 21.2 Å². The fourth-order valence-electron chi connectivity index (χ4n) is 1.01. The second-order valence-electron chi connectivity index (χ2n) is 2.65. The third-order valence-electron chi connectivity index (χ3n) is 1.68. The van der Waals surface area contributed by atoms with Gasteiger partial charge >= 0.3 is 0 Å². The smallest absolute Gasteiger partial charge is 0.253 e. The average molecular weight is 261 g/mol. The summed E-state index contributed by atoms with van der Waals surface area (Å²) in [6, 6.07) is 0. The second-order valence-corrected chi connectivity index (χ2v) is 3.21. The summed E-state index contributed by atoms with van der Waals surface area (Å²) in [4.78, 5) is 33.9. The number of carbonyl (C=O) groups is 3. The van der Waals surface area contributed by atoms with E-state index in [9.17, 15) is 14.4 Å². The number of carbonyl (C=O) groups excluding carboxylic acids is 3. The van der Waals surface area contributed by atoms with Gasteiger partial charge < -0.3 is 5.32 Å². The molecule has 0 aliphatic carbocycles. The summed E-state index contributed by atoms with van der Waals surface area (Å²) in [6.45, 7) is 0.493. The van der Waals surface area contributed by atoms with Crippen LogP contribution in [0.3, 0.4) is 0 Å². The predicted molar refractivity (Wildman–Crippen MR) is 52.7 cm³/mol. The van der Waals surface area contributed by atoms with E-state index in [1.54, 1.807) is 0 Å². The van der Waals surface area contributed by atoms with Crippen molar-refractivity contribution in [1.29, 1.82) is 0 Å². The van der Waals surface area contributed by atoms with E-state index in [0.717, 1.165) is 4.90 Å². The van der Waals surface area contributed by atoms with Crippen molar-refractivity contribution in [3.63, 3.8) is 0 Å². The van der Waals surface area contributed by atoms with E-state index in [1.807, 2.05) is 0 Å². The molecule has 0 saturated heterocycles. The third kappa shape index (κ3) is 2.66. The quantitative estimate of drug-likeness (QED) is 0.544. The molecule has 0 bridgehead atoms. The van der Waals surface area contributed by atoms with Crippen molar-refractivity contribution >= 4 is 33.7 Å². The van der Waals surface area contributed by atoms with Gasteiger partial charge in [0.1, 0.15) is 0 Å². The van der Waals surface area contributed by atoms with Crippen LogP contribution >= 0.6 is 15.9 Å². The van der Waals surface area contributed by atoms with E-state index < -0.39 is 0 Å². The van der Waals surface area contributed by atoms with E-state index in [4.69, 9.17) is 0 Å². The molecule has 3 amide bonds. The van der Waals surface area contributed by atoms with Gasteiger partial charge in [0.25, 0.3) is 11.8 Å². The second kappa shape index (κ2) is 4.90. The molecule has 6 heteroatoms. The molecule has 0 spiro atoms.